The number of hydrogen-bond acceptors (Lipinski definition) is 4. The van der Waals surface area contributed by atoms with Crippen LogP contribution >= 0.6 is 11.3 Å². The van der Waals surface area contributed by atoms with Gasteiger partial charge in [0.2, 0.25) is 0 Å². The molecule has 0 spiro atoms. The van der Waals surface area contributed by atoms with Gasteiger partial charge in [-0.05, 0) is 46.2 Å². The lowest BCUT2D eigenvalue weighted by atomic mass is 10.1. The second-order valence-corrected chi connectivity index (χ2v) is 6.12. The van der Waals surface area contributed by atoms with Crippen molar-refractivity contribution < 1.29 is 0 Å². The van der Waals surface area contributed by atoms with Gasteiger partial charge in [-0.2, -0.15) is 0 Å². The molecule has 2 heterocycles. The van der Waals surface area contributed by atoms with Gasteiger partial charge in [0.05, 0.1) is 23.6 Å². The van der Waals surface area contributed by atoms with Gasteiger partial charge in [0.25, 0.3) is 0 Å². The highest BCUT2D eigenvalue weighted by molar-refractivity contribution is 7.12. The molecule has 0 amide bonds. The largest absolute Gasteiger partial charge is 0.362 e. The Balaban J connectivity index is 2.18. The molecule has 0 saturated carbocycles. The molecule has 0 radical (unpaired) electrons. The monoisotopic (exact) mass is 261 g/mol. The Morgan fingerprint density at radius 3 is 2.44 bits per heavy atom. The summed E-state index contributed by atoms with van der Waals surface area (Å²) in [5.74, 6) is 0.842. The molecule has 0 aliphatic heterocycles. The average molecular weight is 261 g/mol. The van der Waals surface area contributed by atoms with Crippen molar-refractivity contribution in [2.75, 3.05) is 5.32 Å². The average Bonchev–Trinajstić information content (AvgIpc) is 2.63. The zero-order valence-corrected chi connectivity index (χ0v) is 12.4. The third-order valence-electron chi connectivity index (χ3n) is 3.10. The fraction of sp³-hybridized carbons (Fsp3) is 0.429. The predicted octanol–water partition coefficient (Wildman–Crippen LogP) is 3.94. The van der Waals surface area contributed by atoms with Crippen LogP contribution in [0.1, 0.15) is 39.7 Å². The van der Waals surface area contributed by atoms with Crippen molar-refractivity contribution >= 4 is 17.2 Å². The Labute approximate surface area is 112 Å². The summed E-state index contributed by atoms with van der Waals surface area (Å²) in [6.07, 6.45) is 1.80. The van der Waals surface area contributed by atoms with Crippen LogP contribution < -0.4 is 5.32 Å². The predicted molar refractivity (Wildman–Crippen MR) is 77.3 cm³/mol. The van der Waals surface area contributed by atoms with Gasteiger partial charge in [-0.1, -0.05) is 0 Å². The molecular formula is C14H19N3S. The van der Waals surface area contributed by atoms with Gasteiger partial charge in [0.15, 0.2) is 0 Å². The van der Waals surface area contributed by atoms with Crippen molar-refractivity contribution in [3.8, 4) is 0 Å². The summed E-state index contributed by atoms with van der Waals surface area (Å²) in [5, 5.41) is 3.41. The third-order valence-corrected chi connectivity index (χ3v) is 4.08. The molecule has 2 aromatic heterocycles. The van der Waals surface area contributed by atoms with Gasteiger partial charge in [-0.15, -0.1) is 11.3 Å². The second kappa shape index (κ2) is 5.06. The summed E-state index contributed by atoms with van der Waals surface area (Å²) in [4.78, 5) is 11.5. The van der Waals surface area contributed by atoms with Crippen molar-refractivity contribution in [3.63, 3.8) is 0 Å². The van der Waals surface area contributed by atoms with Crippen LogP contribution in [-0.2, 0) is 0 Å². The van der Waals surface area contributed by atoms with E-state index in [1.54, 1.807) is 6.20 Å². The highest BCUT2D eigenvalue weighted by Gasteiger charge is 2.12. The van der Waals surface area contributed by atoms with E-state index in [-0.39, 0.29) is 6.04 Å². The Bertz CT molecular complexity index is 560. The number of thiophene rings is 1. The van der Waals surface area contributed by atoms with Crippen molar-refractivity contribution in [3.05, 3.63) is 39.0 Å². The molecule has 0 aliphatic carbocycles. The molecule has 96 valence electrons. The number of nitrogens with zero attached hydrogens (tertiary/aromatic N) is 2. The zero-order chi connectivity index (χ0) is 13.3. The van der Waals surface area contributed by atoms with Crippen LogP contribution in [0.4, 0.5) is 5.82 Å². The van der Waals surface area contributed by atoms with Crippen molar-refractivity contribution in [1.29, 1.82) is 0 Å². The quantitative estimate of drug-likeness (QED) is 0.909. The van der Waals surface area contributed by atoms with Gasteiger partial charge < -0.3 is 5.32 Å². The van der Waals surface area contributed by atoms with Crippen LogP contribution in [0.15, 0.2) is 12.3 Å². The van der Waals surface area contributed by atoms with Crippen molar-refractivity contribution in [2.24, 2.45) is 0 Å². The van der Waals surface area contributed by atoms with Crippen LogP contribution in [0.25, 0.3) is 0 Å². The second-order valence-electron chi connectivity index (χ2n) is 4.66. The minimum Gasteiger partial charge on any atom is -0.362 e. The van der Waals surface area contributed by atoms with Crippen LogP contribution in [0.2, 0.25) is 0 Å². The van der Waals surface area contributed by atoms with Gasteiger partial charge in [-0.3, -0.25) is 4.98 Å². The molecular weight excluding hydrogens is 242 g/mol. The number of anilines is 1. The van der Waals surface area contributed by atoms with Crippen LogP contribution in [0, 0.1) is 27.7 Å². The number of rotatable bonds is 3. The molecule has 1 atom stereocenters. The molecule has 18 heavy (non-hydrogen) atoms. The summed E-state index contributed by atoms with van der Waals surface area (Å²) in [6.45, 7) is 10.4. The molecule has 0 fully saturated rings. The molecule has 0 aliphatic rings. The number of aryl methyl sites for hydroxylation is 4. The summed E-state index contributed by atoms with van der Waals surface area (Å²) in [5.41, 5.74) is 3.30. The van der Waals surface area contributed by atoms with Crippen LogP contribution in [0.3, 0.4) is 0 Å². The van der Waals surface area contributed by atoms with E-state index >= 15 is 0 Å². The molecule has 1 N–H and O–H groups in total. The van der Waals surface area contributed by atoms with E-state index in [0.29, 0.717) is 0 Å². The maximum atomic E-state index is 4.50. The molecule has 0 saturated heterocycles. The number of nitrogens with one attached hydrogen (secondary N) is 1. The van der Waals surface area contributed by atoms with E-state index in [4.69, 9.17) is 0 Å². The van der Waals surface area contributed by atoms with Crippen LogP contribution in [-0.4, -0.2) is 9.97 Å². The highest BCUT2D eigenvalue weighted by atomic mass is 32.1. The van der Waals surface area contributed by atoms with Crippen molar-refractivity contribution in [2.45, 2.75) is 40.7 Å². The lowest BCUT2D eigenvalue weighted by molar-refractivity contribution is 0.862. The fourth-order valence-corrected chi connectivity index (χ4v) is 3.01. The Morgan fingerprint density at radius 2 is 1.89 bits per heavy atom. The molecule has 2 rings (SSSR count). The van der Waals surface area contributed by atoms with Gasteiger partial charge >= 0.3 is 0 Å². The first-order valence-corrected chi connectivity index (χ1v) is 6.92. The first-order valence-electron chi connectivity index (χ1n) is 6.11. The smallest absolute Gasteiger partial charge is 0.145 e. The van der Waals surface area contributed by atoms with Crippen LogP contribution in [0.5, 0.6) is 0 Å². The highest BCUT2D eigenvalue weighted by Crippen LogP contribution is 2.28. The normalized spacial score (nSPS) is 12.5. The van der Waals surface area contributed by atoms with Gasteiger partial charge in [0, 0.05) is 9.75 Å². The summed E-state index contributed by atoms with van der Waals surface area (Å²) >= 11 is 1.84. The Kier molecular flexibility index (Phi) is 3.66. The molecule has 1 unspecified atom stereocenters. The van der Waals surface area contributed by atoms with E-state index in [9.17, 15) is 0 Å². The Morgan fingerprint density at radius 1 is 1.17 bits per heavy atom. The maximum Gasteiger partial charge on any atom is 0.145 e. The van der Waals surface area contributed by atoms with E-state index in [0.717, 1.165) is 17.2 Å². The van der Waals surface area contributed by atoms with E-state index < -0.39 is 0 Å². The molecule has 0 aromatic carbocycles. The first-order chi connectivity index (χ1) is 8.47. The fourth-order valence-electron chi connectivity index (χ4n) is 1.99. The molecule has 4 heteroatoms. The number of hydrogen-bond donors (Lipinski definition) is 1. The van der Waals surface area contributed by atoms with E-state index in [1.807, 2.05) is 25.2 Å². The Hall–Kier alpha value is -1.42. The van der Waals surface area contributed by atoms with Gasteiger partial charge in [-0.25, -0.2) is 4.98 Å². The summed E-state index contributed by atoms with van der Waals surface area (Å²) < 4.78 is 0. The SMILES string of the molecule is Cc1cc(C(C)Nc2cnc(C)c(C)n2)c(C)s1. The minimum atomic E-state index is 0.256. The standard InChI is InChI=1S/C14H19N3S/c1-8-6-13(12(5)18-8)11(4)17-14-7-15-9(2)10(3)16-14/h6-7,11H,1-5H3,(H,16,17). The zero-order valence-electron chi connectivity index (χ0n) is 11.5. The van der Waals surface area contributed by atoms with Gasteiger partial charge in [0.1, 0.15) is 5.82 Å². The van der Waals surface area contributed by atoms with E-state index in [1.165, 1.54) is 15.3 Å². The topological polar surface area (TPSA) is 37.8 Å². The number of aromatic nitrogens is 2. The summed E-state index contributed by atoms with van der Waals surface area (Å²) in [6, 6.07) is 2.50. The first kappa shape index (κ1) is 13.0. The lowest BCUT2D eigenvalue weighted by Crippen LogP contribution is -2.09. The molecule has 2 aromatic rings. The molecule has 3 nitrogen and oxygen atoms in total. The van der Waals surface area contributed by atoms with Crippen molar-refractivity contribution in [1.82, 2.24) is 9.97 Å². The minimum absolute atomic E-state index is 0.256. The molecule has 0 bridgehead atoms. The van der Waals surface area contributed by atoms with E-state index in [2.05, 4.69) is 42.1 Å². The maximum absolute atomic E-state index is 4.50. The lowest BCUT2D eigenvalue weighted by Gasteiger charge is -2.15. The summed E-state index contributed by atoms with van der Waals surface area (Å²) in [7, 11) is 0. The third kappa shape index (κ3) is 2.70.